The Morgan fingerprint density at radius 2 is 0.574 bits per heavy atom. The Bertz CT molecular complexity index is 6480. The van der Waals surface area contributed by atoms with E-state index in [1.165, 1.54) is 227 Å². The van der Waals surface area contributed by atoms with Crippen LogP contribution in [-0.4, -0.2) is 186 Å². The van der Waals surface area contributed by atoms with Gasteiger partial charge in [-0.05, 0) is 315 Å². The lowest BCUT2D eigenvalue weighted by Gasteiger charge is -2.55. The van der Waals surface area contributed by atoms with Gasteiger partial charge in [0.25, 0.3) is 22.2 Å². The van der Waals surface area contributed by atoms with E-state index in [1.807, 2.05) is 30.3 Å². The molecular formula is C120H164N12O16. The summed E-state index contributed by atoms with van der Waals surface area (Å²) in [4.78, 5) is 175. The minimum absolute atomic E-state index is 0. The highest BCUT2D eigenvalue weighted by Gasteiger charge is 2.53. The van der Waals surface area contributed by atoms with Crippen molar-refractivity contribution in [3.63, 3.8) is 0 Å². The summed E-state index contributed by atoms with van der Waals surface area (Å²) >= 11 is 0. The van der Waals surface area contributed by atoms with Gasteiger partial charge in [-0.25, -0.2) is 24.2 Å². The molecule has 24 rings (SSSR count). The number of piperidine rings is 8. The van der Waals surface area contributed by atoms with Crippen LogP contribution in [0.2, 0.25) is 0 Å². The number of fused-ring (bicyclic) bond motifs is 20. The lowest BCUT2D eigenvalue weighted by Crippen LogP contribution is -2.59. The molecule has 8 aromatic rings. The van der Waals surface area contributed by atoms with Gasteiger partial charge in [0.2, 0.25) is 5.82 Å². The van der Waals surface area contributed by atoms with Crippen molar-refractivity contribution < 1.29 is 42.9 Å². The highest BCUT2D eigenvalue weighted by Crippen LogP contribution is 2.54. The molecule has 0 radical (unpaired) electrons. The first-order chi connectivity index (χ1) is 71.5. The number of nitrogens with zero attached hydrogens (tertiary/aromatic N) is 12. The number of hydrogen-bond donors (Lipinski definition) is 0. The van der Waals surface area contributed by atoms with Gasteiger partial charge in [0.15, 0.2) is 5.78 Å². The zero-order valence-corrected chi connectivity index (χ0v) is 87.8. The number of hydrogen-bond acceptors (Lipinski definition) is 21. The molecule has 0 N–H and O–H groups in total. The van der Waals surface area contributed by atoms with Crippen LogP contribution in [0.1, 0.15) is 365 Å². The van der Waals surface area contributed by atoms with Crippen LogP contribution in [0, 0.1) is 53.3 Å². The summed E-state index contributed by atoms with van der Waals surface area (Å²) in [6.07, 6.45) is 54.1. The Hall–Kier alpha value is -9.77. The van der Waals surface area contributed by atoms with Crippen molar-refractivity contribution in [1.29, 1.82) is 0 Å². The molecular weight excluding hydrogens is 1870 g/mol. The minimum Gasteiger partial charge on any atom is -0.469 e. The molecule has 148 heavy (non-hydrogen) atoms. The SMILES string of the molecule is C.CCOC(=O)Cn1c(=O)n(C2C[C@H]3CCC[C@@H](C2)N3C2C[C@H]3CC(CC)C[C@@H](C2)C3)c(=O)c2ccccc21.CCOC(=O)Cn1c(=O)n(C2C[C@H]3CCC[C@@H](C2)N3C2C[C@H]3CCC[C@@H](C2)C3)c(=O)c2ccccc21.CCOC(=O)c1nc2ccccc2c(=O)n1C1C[C@H]2CCC[C@@H](C1)N2C1C[C@H]2CCC[C@@H](C1)C2.COC(=O)CCC(=O)Cn1c(=O)n(C2C[C@H]3CCC[C@@H](C2)N3C2C[C@H]3CCC[C@@H](C2)C3)c(=O)c2ccccc21. The normalized spacial score (nSPS) is 32.2. The van der Waals surface area contributed by atoms with Crippen molar-refractivity contribution in [2.45, 2.75) is 447 Å². The van der Waals surface area contributed by atoms with Gasteiger partial charge in [0, 0.05) is 103 Å². The number of aromatic nitrogens is 8. The Labute approximate surface area is 870 Å². The average molecular weight is 2030 g/mol. The topological polar surface area (TPSA) is 302 Å². The number of carbonyl (C=O) groups is 5. The quantitative estimate of drug-likeness (QED) is 0.0449. The van der Waals surface area contributed by atoms with Crippen LogP contribution in [-0.2, 0) is 57.8 Å². The van der Waals surface area contributed by atoms with Crippen molar-refractivity contribution in [2.75, 3.05) is 26.9 Å². The van der Waals surface area contributed by atoms with E-state index in [4.69, 9.17) is 14.2 Å². The van der Waals surface area contributed by atoms with Crippen LogP contribution >= 0.6 is 0 Å². The van der Waals surface area contributed by atoms with Crippen molar-refractivity contribution in [3.8, 4) is 0 Å². The molecule has 28 heteroatoms. The van der Waals surface area contributed by atoms with Gasteiger partial charge >= 0.3 is 40.9 Å². The van der Waals surface area contributed by atoms with Gasteiger partial charge in [-0.3, -0.25) is 89.9 Å². The third kappa shape index (κ3) is 21.8. The number of rotatable bonds is 22. The van der Waals surface area contributed by atoms with Gasteiger partial charge in [0.05, 0.1) is 83.5 Å². The Kier molecular flexibility index (Phi) is 33.0. The molecule has 0 spiro atoms. The van der Waals surface area contributed by atoms with E-state index in [-0.39, 0.29) is 129 Å². The molecule has 4 aromatic heterocycles. The molecule has 16 fully saturated rings. The van der Waals surface area contributed by atoms with E-state index >= 15 is 0 Å². The second-order valence-corrected chi connectivity index (χ2v) is 47.9. The summed E-state index contributed by atoms with van der Waals surface area (Å²) in [5.41, 5.74) is 0.0845. The van der Waals surface area contributed by atoms with E-state index in [0.29, 0.717) is 116 Å². The van der Waals surface area contributed by atoms with Crippen molar-refractivity contribution >= 4 is 73.3 Å². The summed E-state index contributed by atoms with van der Waals surface area (Å²) in [6, 6.07) is 34.5. The van der Waals surface area contributed by atoms with Gasteiger partial charge < -0.3 is 18.9 Å². The van der Waals surface area contributed by atoms with Crippen molar-refractivity contribution in [3.05, 3.63) is 176 Å². The summed E-state index contributed by atoms with van der Waals surface area (Å²) in [5.74, 6) is 6.10. The fourth-order valence-electron chi connectivity index (χ4n) is 33.7. The number of methoxy groups -OCH3 is 1. The number of carbonyl (C=O) groups excluding carboxylic acids is 5. The molecule has 25 atom stereocenters. The molecule has 12 heterocycles. The van der Waals surface area contributed by atoms with E-state index in [2.05, 4.69) is 36.2 Å². The Morgan fingerprint density at radius 1 is 0.291 bits per heavy atom. The van der Waals surface area contributed by atoms with E-state index in [9.17, 15) is 57.5 Å². The molecule has 16 aliphatic rings. The predicted molar refractivity (Wildman–Crippen MR) is 575 cm³/mol. The van der Waals surface area contributed by atoms with Crippen LogP contribution in [0.15, 0.2) is 131 Å². The monoisotopic (exact) mass is 2030 g/mol. The van der Waals surface area contributed by atoms with E-state index in [1.54, 1.807) is 92.1 Å². The standard InChI is InChI=1S/C31H41N3O5.C31H43N3O4.C29H39N3O4.C28H37N3O3.CH4/c1-39-29(36)13-12-26(35)19-32-28-11-3-2-10-27(28)30(37)34(31(32)38)25-17-22-8-5-9-23(18-25)33(22)24-15-20-6-4-7-21(14-20)16-24;1-3-20-12-21-14-22(13-20)16-25(15-21)33-23-8-7-9-24(33)18-26(17-23)34-30(36)27-10-5-6-11-28(27)32(31(34)37)19-29(35)38-4-2;1-2-36-27(33)18-30-26-12-4-3-11-25(26)28(34)32(29(30)35)24-16-21-9-6-10-22(17-24)31(21)23-14-19-7-5-8-20(13-19)15-23;1-2-34-28(33)26-29-25-12-4-3-11-24(25)27(32)31(26)23-16-20-9-6-10-21(17-23)30(20)22-14-18-7-5-8-19(13-18)15-22;/h2-3,10-11,20-25H,4-9,12-19H2,1H3;5-6,10-11,20-26H,3-4,7-9,12-19H2,1-2H3;3-4,11-12,19-24H,2,5-10,13-18H2,1H3;3-4,11-12,18-23H,2,5-10,13-17H2,1H3;1H4/t20-,21+,22-,23+,24?,25?;20?,21-,22+,23-,24+,25?,26?;19-,20+,21-,22+,23?,24?;18-,19+,20-,21+,22?,23?;. The van der Waals surface area contributed by atoms with Crippen LogP contribution < -0.4 is 39.3 Å². The van der Waals surface area contributed by atoms with Crippen LogP contribution in [0.25, 0.3) is 43.6 Å². The fraction of sp³-hybridized carbons (Fsp3) is 0.692. The Balaban J connectivity index is 0.000000120. The highest BCUT2D eigenvalue weighted by atomic mass is 16.5. The average Bonchev–Trinajstić information content (AvgIpc) is 0.746. The first kappa shape index (κ1) is 105. The highest BCUT2D eigenvalue weighted by molar-refractivity contribution is 5.89. The first-order valence-electron chi connectivity index (χ1n) is 57.9. The van der Waals surface area contributed by atoms with E-state index < -0.39 is 29.6 Å². The zero-order valence-electron chi connectivity index (χ0n) is 87.8. The van der Waals surface area contributed by atoms with Crippen LogP contribution in [0.4, 0.5) is 0 Å². The molecule has 8 aliphatic heterocycles. The number of benzene rings is 4. The van der Waals surface area contributed by atoms with Gasteiger partial charge in [0.1, 0.15) is 13.1 Å². The maximum atomic E-state index is 13.9. The number of ketones is 1. The minimum atomic E-state index is -0.488. The van der Waals surface area contributed by atoms with Crippen molar-refractivity contribution in [1.82, 2.24) is 56.6 Å². The second kappa shape index (κ2) is 46.4. The number of ether oxygens (including phenoxy) is 4. The van der Waals surface area contributed by atoms with Crippen LogP contribution in [0.3, 0.4) is 0 Å². The zero-order chi connectivity index (χ0) is 102. The first-order valence-corrected chi connectivity index (χ1v) is 57.9. The summed E-state index contributed by atoms with van der Waals surface area (Å²) < 4.78 is 30.8. The summed E-state index contributed by atoms with van der Waals surface area (Å²) in [7, 11) is 1.29. The molecule has 28 nitrogen and oxygen atoms in total. The molecule has 0 amide bonds. The van der Waals surface area contributed by atoms with Gasteiger partial charge in [-0.2, -0.15) is 0 Å². The van der Waals surface area contributed by atoms with E-state index in [0.717, 1.165) is 143 Å². The molecule has 9 unspecified atom stereocenters. The summed E-state index contributed by atoms with van der Waals surface area (Å²) in [6.45, 7) is 7.94. The predicted octanol–water partition coefficient (Wildman–Crippen LogP) is 19.1. The van der Waals surface area contributed by atoms with Gasteiger partial charge in [-0.1, -0.05) is 153 Å². The third-order valence-electron chi connectivity index (χ3n) is 39.1. The second-order valence-electron chi connectivity index (χ2n) is 47.9. The molecule has 8 aliphatic carbocycles. The number of para-hydroxylation sites is 4. The smallest absolute Gasteiger partial charge is 0.374 e. The fourth-order valence-corrected chi connectivity index (χ4v) is 33.7. The van der Waals surface area contributed by atoms with Gasteiger partial charge in [-0.15, -0.1) is 0 Å². The molecule has 8 saturated carbocycles. The Morgan fingerprint density at radius 3 is 0.899 bits per heavy atom. The number of Topliss-reactive ketones (excluding diaryl/α,β-unsaturated/α-hetero) is 1. The third-order valence-corrected chi connectivity index (χ3v) is 39.1. The maximum absolute atomic E-state index is 13.9. The largest absolute Gasteiger partial charge is 0.469 e. The van der Waals surface area contributed by atoms with Crippen molar-refractivity contribution in [2.24, 2.45) is 53.3 Å². The molecule has 4 aromatic carbocycles. The lowest BCUT2D eigenvalue weighted by molar-refractivity contribution is -0.144. The molecule has 800 valence electrons. The summed E-state index contributed by atoms with van der Waals surface area (Å²) in [5, 5.41) is 2.04. The molecule has 8 saturated heterocycles. The lowest BCUT2D eigenvalue weighted by atomic mass is 9.64. The maximum Gasteiger partial charge on any atom is 0.374 e. The number of esters is 4. The molecule has 16 bridgehead atoms. The van der Waals surface area contributed by atoms with Crippen LogP contribution in [0.5, 0.6) is 0 Å².